The number of halogens is 3. The summed E-state index contributed by atoms with van der Waals surface area (Å²) in [6, 6.07) is 17.7. The van der Waals surface area contributed by atoms with Crippen LogP contribution in [-0.2, 0) is 16.2 Å². The van der Waals surface area contributed by atoms with Gasteiger partial charge in [-0.1, -0.05) is 36.4 Å². The van der Waals surface area contributed by atoms with Gasteiger partial charge in [-0.25, -0.2) is 8.42 Å². The predicted octanol–water partition coefficient (Wildman–Crippen LogP) is 5.05. The smallest absolute Gasteiger partial charge is 0.280 e. The van der Waals surface area contributed by atoms with Crippen molar-refractivity contribution < 1.29 is 21.6 Å². The molecule has 0 fully saturated rings. The molecule has 0 bridgehead atoms. The molecule has 0 saturated carbocycles. The molecule has 0 aliphatic carbocycles. The molecule has 148 valence electrons. The number of sulfonamides is 1. The third-order valence-electron chi connectivity index (χ3n) is 4.33. The fourth-order valence-electron chi connectivity index (χ4n) is 2.95. The molecule has 3 aromatic carbocycles. The summed E-state index contributed by atoms with van der Waals surface area (Å²) in [5.41, 5.74) is 1.37. The average molecular weight is 417 g/mol. The first kappa shape index (κ1) is 19.0. The second-order valence-corrected chi connectivity index (χ2v) is 8.01. The summed E-state index contributed by atoms with van der Waals surface area (Å²) in [5, 5.41) is 7.83. The number of nitrogens with zero attached hydrogens (tertiary/aromatic N) is 1. The van der Waals surface area contributed by atoms with E-state index in [1.165, 1.54) is 6.07 Å². The highest BCUT2D eigenvalue weighted by Crippen LogP contribution is 2.32. The van der Waals surface area contributed by atoms with Crippen LogP contribution >= 0.6 is 0 Å². The second kappa shape index (κ2) is 6.93. The van der Waals surface area contributed by atoms with E-state index >= 15 is 0 Å². The second-order valence-electron chi connectivity index (χ2n) is 6.33. The fourth-order valence-corrected chi connectivity index (χ4v) is 4.04. The minimum atomic E-state index is -4.63. The van der Waals surface area contributed by atoms with Crippen molar-refractivity contribution in [1.82, 2.24) is 10.2 Å². The summed E-state index contributed by atoms with van der Waals surface area (Å²) >= 11 is 0. The average Bonchev–Trinajstić information content (AvgIpc) is 3.11. The van der Waals surface area contributed by atoms with Crippen molar-refractivity contribution in [2.75, 3.05) is 4.72 Å². The Morgan fingerprint density at radius 3 is 2.38 bits per heavy atom. The van der Waals surface area contributed by atoms with Crippen molar-refractivity contribution in [2.45, 2.75) is 11.1 Å². The highest BCUT2D eigenvalue weighted by atomic mass is 32.2. The lowest BCUT2D eigenvalue weighted by atomic mass is 10.1. The lowest BCUT2D eigenvalue weighted by Crippen LogP contribution is -2.14. The van der Waals surface area contributed by atoms with Crippen LogP contribution in [0.25, 0.3) is 22.2 Å². The van der Waals surface area contributed by atoms with E-state index in [0.29, 0.717) is 22.7 Å². The van der Waals surface area contributed by atoms with Crippen LogP contribution in [0, 0.1) is 0 Å². The van der Waals surface area contributed by atoms with Gasteiger partial charge in [-0.05, 0) is 36.4 Å². The number of aromatic amines is 1. The molecular formula is C20H14F3N3O2S. The Kier molecular flexibility index (Phi) is 4.54. The maximum Gasteiger partial charge on any atom is 0.416 e. The maximum atomic E-state index is 12.9. The van der Waals surface area contributed by atoms with E-state index < -0.39 is 26.7 Å². The molecule has 5 nitrogen and oxygen atoms in total. The van der Waals surface area contributed by atoms with Crippen LogP contribution in [-0.4, -0.2) is 18.6 Å². The SMILES string of the molecule is O=S(=O)(Nc1ccc2[nH]nc(-c3ccccc3)c2c1)c1cccc(C(F)(F)F)c1. The van der Waals surface area contributed by atoms with Gasteiger partial charge in [-0.2, -0.15) is 18.3 Å². The number of rotatable bonds is 4. The molecule has 0 amide bonds. The standard InChI is InChI=1S/C20H14F3N3O2S/c21-20(22,23)14-7-4-8-16(11-14)29(27,28)26-15-9-10-18-17(12-15)19(25-24-18)13-5-2-1-3-6-13/h1-12,26H,(H,24,25). The highest BCUT2D eigenvalue weighted by molar-refractivity contribution is 7.92. The molecule has 0 radical (unpaired) electrons. The van der Waals surface area contributed by atoms with Crippen molar-refractivity contribution in [3.8, 4) is 11.3 Å². The first-order chi connectivity index (χ1) is 13.7. The molecule has 1 aromatic heterocycles. The van der Waals surface area contributed by atoms with Crippen molar-refractivity contribution in [1.29, 1.82) is 0 Å². The third kappa shape index (κ3) is 3.81. The molecular weight excluding hydrogens is 403 g/mol. The van der Waals surface area contributed by atoms with Gasteiger partial charge in [0.15, 0.2) is 0 Å². The number of anilines is 1. The van der Waals surface area contributed by atoms with Gasteiger partial charge in [0.25, 0.3) is 10.0 Å². The first-order valence-corrected chi connectivity index (χ1v) is 9.96. The van der Waals surface area contributed by atoms with Gasteiger partial charge >= 0.3 is 6.18 Å². The summed E-state index contributed by atoms with van der Waals surface area (Å²) in [6.07, 6.45) is -4.63. The Balaban J connectivity index is 1.71. The van der Waals surface area contributed by atoms with Gasteiger partial charge in [0, 0.05) is 16.6 Å². The summed E-state index contributed by atoms with van der Waals surface area (Å²) in [7, 11) is -4.21. The van der Waals surface area contributed by atoms with E-state index in [1.54, 1.807) is 12.1 Å². The number of fused-ring (bicyclic) bond motifs is 1. The maximum absolute atomic E-state index is 12.9. The van der Waals surface area contributed by atoms with Crippen molar-refractivity contribution in [2.24, 2.45) is 0 Å². The zero-order chi connectivity index (χ0) is 20.6. The van der Waals surface area contributed by atoms with E-state index in [0.717, 1.165) is 23.8 Å². The van der Waals surface area contributed by atoms with Crippen LogP contribution in [0.2, 0.25) is 0 Å². The molecule has 0 atom stereocenters. The fraction of sp³-hybridized carbons (Fsp3) is 0.0500. The van der Waals surface area contributed by atoms with Crippen LogP contribution < -0.4 is 4.72 Å². The minimum Gasteiger partial charge on any atom is -0.280 e. The molecule has 0 unspecified atom stereocenters. The number of benzene rings is 3. The molecule has 9 heteroatoms. The van der Waals surface area contributed by atoms with Crippen molar-refractivity contribution in [3.05, 3.63) is 78.4 Å². The van der Waals surface area contributed by atoms with E-state index in [4.69, 9.17) is 0 Å². The van der Waals surface area contributed by atoms with Crippen LogP contribution in [0.3, 0.4) is 0 Å². The molecule has 1 heterocycles. The summed E-state index contributed by atoms with van der Waals surface area (Å²) in [4.78, 5) is -0.470. The normalized spacial score (nSPS) is 12.2. The molecule has 29 heavy (non-hydrogen) atoms. The molecule has 4 aromatic rings. The Bertz CT molecular complexity index is 1280. The zero-order valence-electron chi connectivity index (χ0n) is 14.7. The summed E-state index contributed by atoms with van der Waals surface area (Å²) < 4.78 is 66.3. The van der Waals surface area contributed by atoms with Crippen molar-refractivity contribution >= 4 is 26.6 Å². The number of hydrogen-bond donors (Lipinski definition) is 2. The summed E-state index contributed by atoms with van der Waals surface area (Å²) in [5.74, 6) is 0. The number of hydrogen-bond acceptors (Lipinski definition) is 3. The van der Waals surface area contributed by atoms with Gasteiger partial charge in [0.1, 0.15) is 0 Å². The largest absolute Gasteiger partial charge is 0.416 e. The van der Waals surface area contributed by atoms with Gasteiger partial charge in [0.2, 0.25) is 0 Å². The van der Waals surface area contributed by atoms with E-state index in [-0.39, 0.29) is 5.69 Å². The minimum absolute atomic E-state index is 0.216. The molecule has 0 aliphatic rings. The highest BCUT2D eigenvalue weighted by Gasteiger charge is 2.31. The lowest BCUT2D eigenvalue weighted by Gasteiger charge is -2.11. The van der Waals surface area contributed by atoms with Gasteiger partial charge in [-0.3, -0.25) is 9.82 Å². The van der Waals surface area contributed by atoms with Crippen LogP contribution in [0.1, 0.15) is 5.56 Å². The van der Waals surface area contributed by atoms with Crippen molar-refractivity contribution in [3.63, 3.8) is 0 Å². The molecule has 4 rings (SSSR count). The molecule has 0 spiro atoms. The van der Waals surface area contributed by atoms with E-state index in [2.05, 4.69) is 14.9 Å². The quantitative estimate of drug-likeness (QED) is 0.488. The third-order valence-corrected chi connectivity index (χ3v) is 5.71. The van der Waals surface area contributed by atoms with Gasteiger partial charge < -0.3 is 0 Å². The Morgan fingerprint density at radius 1 is 0.897 bits per heavy atom. The Labute approximate surface area is 164 Å². The Morgan fingerprint density at radius 2 is 1.66 bits per heavy atom. The molecule has 0 aliphatic heterocycles. The molecule has 2 N–H and O–H groups in total. The zero-order valence-corrected chi connectivity index (χ0v) is 15.6. The van der Waals surface area contributed by atoms with Crippen LogP contribution in [0.5, 0.6) is 0 Å². The van der Waals surface area contributed by atoms with E-state index in [1.807, 2.05) is 30.3 Å². The van der Waals surface area contributed by atoms with Crippen LogP contribution in [0.4, 0.5) is 18.9 Å². The first-order valence-electron chi connectivity index (χ1n) is 8.48. The van der Waals surface area contributed by atoms with Gasteiger partial charge in [-0.15, -0.1) is 0 Å². The summed E-state index contributed by atoms with van der Waals surface area (Å²) in [6.45, 7) is 0. The number of nitrogens with one attached hydrogen (secondary N) is 2. The number of alkyl halides is 3. The predicted molar refractivity (Wildman–Crippen MR) is 104 cm³/mol. The van der Waals surface area contributed by atoms with Crippen LogP contribution in [0.15, 0.2) is 77.7 Å². The topological polar surface area (TPSA) is 74.8 Å². The van der Waals surface area contributed by atoms with E-state index in [9.17, 15) is 21.6 Å². The Hall–Kier alpha value is -3.33. The monoisotopic (exact) mass is 417 g/mol. The molecule has 0 saturated heterocycles. The number of aromatic nitrogens is 2. The van der Waals surface area contributed by atoms with Gasteiger partial charge in [0.05, 0.1) is 21.7 Å². The lowest BCUT2D eigenvalue weighted by molar-refractivity contribution is -0.137. The number of H-pyrrole nitrogens is 1.